The summed E-state index contributed by atoms with van der Waals surface area (Å²) in [6, 6.07) is 1.83. The van der Waals surface area contributed by atoms with Crippen LogP contribution in [0.3, 0.4) is 0 Å². The summed E-state index contributed by atoms with van der Waals surface area (Å²) in [7, 11) is 1.83. The molecule has 1 fully saturated rings. The molecule has 0 radical (unpaired) electrons. The highest BCUT2D eigenvalue weighted by atomic mass is 16.5. The molecule has 0 amide bonds. The lowest BCUT2D eigenvalue weighted by Crippen LogP contribution is -2.19. The average Bonchev–Trinajstić information content (AvgIpc) is 2.72. The van der Waals surface area contributed by atoms with Crippen LogP contribution in [0, 0.1) is 0 Å². The third-order valence-corrected chi connectivity index (χ3v) is 2.48. The number of aryl methyl sites for hydroxylation is 1. The summed E-state index contributed by atoms with van der Waals surface area (Å²) >= 11 is 0. The number of hydrogen-bond acceptors (Lipinski definition) is 3. The van der Waals surface area contributed by atoms with Gasteiger partial charge in [0.2, 0.25) is 0 Å². The predicted molar refractivity (Wildman–Crippen MR) is 47.1 cm³/mol. The lowest BCUT2D eigenvalue weighted by Gasteiger charge is -2.17. The molecule has 1 aromatic rings. The van der Waals surface area contributed by atoms with E-state index in [-0.39, 0.29) is 6.10 Å². The zero-order chi connectivity index (χ0) is 9.26. The Morgan fingerprint density at radius 3 is 3.15 bits per heavy atom. The Bertz CT molecular complexity index is 279. The predicted octanol–water partition coefficient (Wildman–Crippen LogP) is 0.632. The van der Waals surface area contributed by atoms with Gasteiger partial charge in [-0.05, 0) is 18.9 Å². The third kappa shape index (κ3) is 1.59. The number of aromatic nitrogens is 2. The molecule has 2 unspecified atom stereocenters. The Hall–Kier alpha value is -0.870. The molecular formula is C9H14N2O2. The maximum Gasteiger partial charge on any atom is 0.122 e. The highest BCUT2D eigenvalue weighted by Gasteiger charge is 2.26. The van der Waals surface area contributed by atoms with Crippen molar-refractivity contribution in [2.45, 2.75) is 25.0 Å². The molecule has 0 aliphatic carbocycles. The zero-order valence-corrected chi connectivity index (χ0v) is 7.68. The molecule has 1 aliphatic rings. The van der Waals surface area contributed by atoms with Crippen molar-refractivity contribution in [1.29, 1.82) is 0 Å². The fraction of sp³-hybridized carbons (Fsp3) is 0.667. The van der Waals surface area contributed by atoms with Gasteiger partial charge in [0, 0.05) is 19.9 Å². The van der Waals surface area contributed by atoms with Crippen LogP contribution in [-0.2, 0) is 11.8 Å². The molecule has 0 spiro atoms. The van der Waals surface area contributed by atoms with Crippen molar-refractivity contribution in [2.24, 2.45) is 7.05 Å². The molecule has 72 valence electrons. The van der Waals surface area contributed by atoms with E-state index in [1.54, 1.807) is 10.9 Å². The van der Waals surface area contributed by atoms with Gasteiger partial charge in [-0.15, -0.1) is 0 Å². The highest BCUT2D eigenvalue weighted by molar-refractivity contribution is 5.06. The van der Waals surface area contributed by atoms with Crippen molar-refractivity contribution in [3.63, 3.8) is 0 Å². The van der Waals surface area contributed by atoms with Gasteiger partial charge in [0.15, 0.2) is 0 Å². The van der Waals surface area contributed by atoms with Gasteiger partial charge in [-0.25, -0.2) is 0 Å². The second-order valence-corrected chi connectivity index (χ2v) is 3.38. The molecule has 1 aromatic heterocycles. The monoisotopic (exact) mass is 182 g/mol. The summed E-state index contributed by atoms with van der Waals surface area (Å²) < 4.78 is 7.09. The van der Waals surface area contributed by atoms with Crippen molar-refractivity contribution >= 4 is 0 Å². The Kier molecular flexibility index (Phi) is 2.33. The molecule has 0 bridgehead atoms. The molecule has 2 atom stereocenters. The van der Waals surface area contributed by atoms with Crippen LogP contribution in [0.4, 0.5) is 0 Å². The smallest absolute Gasteiger partial charge is 0.122 e. The molecule has 1 N–H and O–H groups in total. The Morgan fingerprint density at radius 1 is 1.77 bits per heavy atom. The van der Waals surface area contributed by atoms with E-state index < -0.39 is 6.10 Å². The summed E-state index contributed by atoms with van der Waals surface area (Å²) in [5.74, 6) is 0. The van der Waals surface area contributed by atoms with Crippen molar-refractivity contribution in [3.8, 4) is 0 Å². The minimum absolute atomic E-state index is 0.0459. The van der Waals surface area contributed by atoms with Crippen LogP contribution in [-0.4, -0.2) is 27.6 Å². The Morgan fingerprint density at radius 2 is 2.62 bits per heavy atom. The number of rotatable bonds is 2. The maximum absolute atomic E-state index is 9.90. The van der Waals surface area contributed by atoms with Gasteiger partial charge in [-0.3, -0.25) is 4.68 Å². The van der Waals surface area contributed by atoms with Gasteiger partial charge in [-0.2, -0.15) is 5.10 Å². The lowest BCUT2D eigenvalue weighted by atomic mass is 10.1. The molecule has 2 rings (SSSR count). The van der Waals surface area contributed by atoms with Gasteiger partial charge >= 0.3 is 0 Å². The second kappa shape index (κ2) is 3.47. The second-order valence-electron chi connectivity index (χ2n) is 3.38. The molecular weight excluding hydrogens is 168 g/mol. The van der Waals surface area contributed by atoms with Crippen LogP contribution in [0.1, 0.15) is 24.6 Å². The number of aliphatic hydroxyl groups is 1. The van der Waals surface area contributed by atoms with Crippen LogP contribution >= 0.6 is 0 Å². The Balaban J connectivity index is 2.12. The van der Waals surface area contributed by atoms with Crippen molar-refractivity contribution in [3.05, 3.63) is 18.0 Å². The highest BCUT2D eigenvalue weighted by Crippen LogP contribution is 2.25. The van der Waals surface area contributed by atoms with Crippen LogP contribution in [0.5, 0.6) is 0 Å². The van der Waals surface area contributed by atoms with E-state index in [1.165, 1.54) is 0 Å². The molecule has 1 aliphatic heterocycles. The molecule has 1 saturated heterocycles. The van der Waals surface area contributed by atoms with E-state index >= 15 is 0 Å². The van der Waals surface area contributed by atoms with E-state index in [9.17, 15) is 5.11 Å². The van der Waals surface area contributed by atoms with Gasteiger partial charge in [-0.1, -0.05) is 0 Å². The van der Waals surface area contributed by atoms with Gasteiger partial charge in [0.1, 0.15) is 6.10 Å². The minimum Gasteiger partial charge on any atom is -0.384 e. The number of aliphatic hydroxyl groups excluding tert-OH is 1. The summed E-state index contributed by atoms with van der Waals surface area (Å²) in [6.07, 6.45) is 3.09. The first-order chi connectivity index (χ1) is 6.29. The number of hydrogen-bond donors (Lipinski definition) is 1. The first-order valence-corrected chi connectivity index (χ1v) is 4.56. The standard InChI is InChI=1S/C9H14N2O2/c1-11-7(4-5-10-11)9(12)8-3-2-6-13-8/h4-5,8-9,12H,2-3,6H2,1H3. The van der Waals surface area contributed by atoms with E-state index in [4.69, 9.17) is 4.74 Å². The van der Waals surface area contributed by atoms with Crippen molar-refractivity contribution in [2.75, 3.05) is 6.61 Å². The van der Waals surface area contributed by atoms with Crippen LogP contribution in [0.2, 0.25) is 0 Å². The number of ether oxygens (including phenoxy) is 1. The first-order valence-electron chi connectivity index (χ1n) is 4.56. The molecule has 2 heterocycles. The third-order valence-electron chi connectivity index (χ3n) is 2.48. The molecule has 4 nitrogen and oxygen atoms in total. The summed E-state index contributed by atoms with van der Waals surface area (Å²) in [6.45, 7) is 0.763. The lowest BCUT2D eigenvalue weighted by molar-refractivity contribution is -0.00649. The maximum atomic E-state index is 9.90. The summed E-state index contributed by atoms with van der Waals surface area (Å²) in [5.41, 5.74) is 0.826. The van der Waals surface area contributed by atoms with Crippen LogP contribution in [0.15, 0.2) is 12.3 Å². The van der Waals surface area contributed by atoms with Gasteiger partial charge in [0.05, 0.1) is 11.8 Å². The average molecular weight is 182 g/mol. The summed E-state index contributed by atoms with van der Waals surface area (Å²) in [5, 5.41) is 13.9. The molecule has 0 aromatic carbocycles. The zero-order valence-electron chi connectivity index (χ0n) is 7.68. The fourth-order valence-electron chi connectivity index (χ4n) is 1.72. The number of nitrogens with zero attached hydrogens (tertiary/aromatic N) is 2. The van der Waals surface area contributed by atoms with E-state index in [1.807, 2.05) is 13.1 Å². The Labute approximate surface area is 77.1 Å². The molecule has 13 heavy (non-hydrogen) atoms. The topological polar surface area (TPSA) is 47.3 Å². The van der Waals surface area contributed by atoms with E-state index in [0.717, 1.165) is 25.1 Å². The van der Waals surface area contributed by atoms with E-state index in [0.29, 0.717) is 0 Å². The molecule has 4 heteroatoms. The minimum atomic E-state index is -0.532. The SMILES string of the molecule is Cn1nccc1C(O)C1CCCO1. The van der Waals surface area contributed by atoms with E-state index in [2.05, 4.69) is 5.10 Å². The van der Waals surface area contributed by atoms with Crippen molar-refractivity contribution < 1.29 is 9.84 Å². The van der Waals surface area contributed by atoms with Gasteiger partial charge in [0.25, 0.3) is 0 Å². The fourth-order valence-corrected chi connectivity index (χ4v) is 1.72. The van der Waals surface area contributed by atoms with Crippen LogP contribution in [0.25, 0.3) is 0 Å². The first kappa shape index (κ1) is 8.72. The largest absolute Gasteiger partial charge is 0.384 e. The van der Waals surface area contributed by atoms with Gasteiger partial charge < -0.3 is 9.84 Å². The van der Waals surface area contributed by atoms with Crippen molar-refractivity contribution in [1.82, 2.24) is 9.78 Å². The summed E-state index contributed by atoms with van der Waals surface area (Å²) in [4.78, 5) is 0. The van der Waals surface area contributed by atoms with Crippen LogP contribution < -0.4 is 0 Å². The quantitative estimate of drug-likeness (QED) is 0.729. The molecule has 0 saturated carbocycles. The normalized spacial score (nSPS) is 24.9.